The molecule has 3 aliphatic rings. The average molecular weight is 2000 g/mol. The van der Waals surface area contributed by atoms with Gasteiger partial charge in [0.2, 0.25) is 0 Å². The van der Waals surface area contributed by atoms with Gasteiger partial charge in [0, 0.05) is 36.0 Å². The van der Waals surface area contributed by atoms with Crippen LogP contribution in [0.3, 0.4) is 0 Å². The van der Waals surface area contributed by atoms with Gasteiger partial charge in [-0.15, -0.1) is 0 Å². The molecule has 3 aliphatic carbocycles. The van der Waals surface area contributed by atoms with Crippen LogP contribution in [0.15, 0.2) is 291 Å². The van der Waals surface area contributed by atoms with Crippen molar-refractivity contribution in [3.05, 3.63) is 528 Å². The Hall–Kier alpha value is -12.5. The Labute approximate surface area is 870 Å². The van der Waals surface area contributed by atoms with E-state index in [-0.39, 0.29) is 58.0 Å². The lowest BCUT2D eigenvalue weighted by Gasteiger charge is -2.26. The van der Waals surface area contributed by atoms with Crippen LogP contribution in [0.25, 0.3) is 0 Å². The molecule has 18 rings (SSSR count). The molecular weight excluding hydrogens is 1850 g/mol. The molecule has 15 aromatic rings. The summed E-state index contributed by atoms with van der Waals surface area (Å²) in [6.07, 6.45) is 22.8. The van der Waals surface area contributed by atoms with Crippen molar-refractivity contribution in [2.24, 2.45) is 35.5 Å². The van der Waals surface area contributed by atoms with E-state index in [1.807, 2.05) is 94.4 Å². The van der Waals surface area contributed by atoms with Gasteiger partial charge in [-0.05, 0) is 406 Å². The fourth-order valence-corrected chi connectivity index (χ4v) is 18.3. The lowest BCUT2D eigenvalue weighted by Crippen LogP contribution is -2.14. The van der Waals surface area contributed by atoms with E-state index in [2.05, 4.69) is 183 Å². The normalized spacial score (nSPS) is 15.5. The topological polar surface area (TPSA) is 0 Å². The first kappa shape index (κ1) is 116. The first-order valence-corrected chi connectivity index (χ1v) is 52.2. The van der Waals surface area contributed by atoms with E-state index in [0.717, 1.165) is 111 Å². The predicted molar refractivity (Wildman–Crippen MR) is 588 cm³/mol. The summed E-state index contributed by atoms with van der Waals surface area (Å²) in [6.45, 7) is 34.7. The predicted octanol–water partition coefficient (Wildman–Crippen LogP) is 38.1. The molecule has 15 aromatic carbocycles. The Balaban J connectivity index is 0.000000169. The molecule has 0 unspecified atom stereocenters. The van der Waals surface area contributed by atoms with E-state index in [1.54, 1.807) is 63.2 Å². The smallest absolute Gasteiger partial charge is 0.129 e. The number of halogens is 12. The zero-order valence-corrected chi connectivity index (χ0v) is 89.6. The summed E-state index contributed by atoms with van der Waals surface area (Å²) in [4.78, 5) is 0. The van der Waals surface area contributed by atoms with Crippen LogP contribution in [0.1, 0.15) is 265 Å². The second kappa shape index (κ2) is 58.3. The Bertz CT molecular complexity index is 6500. The highest BCUT2D eigenvalue weighted by Crippen LogP contribution is 2.36. The van der Waals surface area contributed by atoms with Gasteiger partial charge < -0.3 is 0 Å². The van der Waals surface area contributed by atoms with Gasteiger partial charge in [0.1, 0.15) is 69.8 Å². The highest BCUT2D eigenvalue weighted by Gasteiger charge is 2.23. The molecule has 0 saturated heterocycles. The molecule has 3 saturated carbocycles. The molecule has 0 N–H and O–H groups in total. The monoisotopic (exact) mass is 2000 g/mol. The molecule has 774 valence electrons. The molecule has 0 amide bonds. The van der Waals surface area contributed by atoms with Gasteiger partial charge in [-0.25, -0.2) is 52.7 Å². The van der Waals surface area contributed by atoms with Crippen LogP contribution >= 0.6 is 0 Å². The number of aryl methyl sites for hydroxylation is 12. The number of hydrogen-bond acceptors (Lipinski definition) is 0. The third kappa shape index (κ3) is 40.2. The van der Waals surface area contributed by atoms with Crippen LogP contribution < -0.4 is 0 Å². The lowest BCUT2D eigenvalue weighted by molar-refractivity contribution is 0.288. The minimum atomic E-state index is -0.600. The van der Waals surface area contributed by atoms with E-state index >= 15 is 0 Å². The summed E-state index contributed by atoms with van der Waals surface area (Å²) in [5.41, 5.74) is 27.0. The molecule has 0 aromatic heterocycles. The second-order valence-corrected chi connectivity index (χ2v) is 42.1. The van der Waals surface area contributed by atoms with Crippen molar-refractivity contribution >= 4 is 0 Å². The summed E-state index contributed by atoms with van der Waals surface area (Å²) in [5, 5.41) is 0. The molecule has 0 heterocycles. The summed E-state index contributed by atoms with van der Waals surface area (Å²) in [6, 6.07) is 90.9. The SMILES string of the molecule is Cc1c(F)cc(CC2CCC(C)CC2)cc1F.Cc1ccc(CC2CCC(C)CC2)cc1.Cc1ccc(CC2CCC(C)CC2)cc1F.Cc1ccc(Cc2cc(F)c(C)c(F)c2)c(F)c1.Cc1ccc(Cc2cc(F)c(C)c(F)c2)cc1.Cc1ccc(Cc2ccc(C)c(F)c2)c(F)c1.Cc1ccc(Cc2ccc(C)c(F)c2)cc1.Cc1ccc(Cc2ccc(C)cc2)cc1.Cc1ccc(Cc2ccc(C)cc2F)cc1. The fourth-order valence-electron chi connectivity index (χ4n) is 18.3. The van der Waals surface area contributed by atoms with Crippen molar-refractivity contribution in [1.82, 2.24) is 0 Å². The quantitative estimate of drug-likeness (QED) is 0.0751. The van der Waals surface area contributed by atoms with Crippen molar-refractivity contribution in [1.29, 1.82) is 0 Å². The molecule has 0 aliphatic heterocycles. The van der Waals surface area contributed by atoms with Crippen LogP contribution in [-0.2, 0) is 57.8 Å². The molecule has 0 nitrogen and oxygen atoms in total. The van der Waals surface area contributed by atoms with Crippen molar-refractivity contribution in [2.45, 2.75) is 259 Å². The zero-order chi connectivity index (χ0) is 107. The van der Waals surface area contributed by atoms with Crippen molar-refractivity contribution < 1.29 is 52.7 Å². The van der Waals surface area contributed by atoms with Gasteiger partial charge in [-0.3, -0.25) is 0 Å². The first-order chi connectivity index (χ1) is 70.1. The molecule has 0 atom stereocenters. The third-order valence-corrected chi connectivity index (χ3v) is 28.5. The van der Waals surface area contributed by atoms with E-state index in [0.29, 0.717) is 58.6 Å². The Morgan fingerprint density at radius 3 is 0.619 bits per heavy atom. The summed E-state index contributed by atoms with van der Waals surface area (Å²) >= 11 is 0. The number of hydrogen-bond donors (Lipinski definition) is 0. The molecule has 12 heteroatoms. The minimum absolute atomic E-state index is 0.0110. The van der Waals surface area contributed by atoms with E-state index in [4.69, 9.17) is 0 Å². The number of benzene rings is 15. The van der Waals surface area contributed by atoms with Crippen LogP contribution in [0.4, 0.5) is 52.7 Å². The lowest BCUT2D eigenvalue weighted by atomic mass is 9.80. The van der Waals surface area contributed by atoms with E-state index in [9.17, 15) is 52.7 Å². The fraction of sp³-hybridized carbons (Fsp3) is 0.333. The highest BCUT2D eigenvalue weighted by atomic mass is 19.2. The highest BCUT2D eigenvalue weighted by molar-refractivity contribution is 5.40. The summed E-state index contributed by atoms with van der Waals surface area (Å²) < 4.78 is 161. The average Bonchev–Trinajstić information content (AvgIpc) is 0.472. The maximum absolute atomic E-state index is 13.6. The van der Waals surface area contributed by atoms with Crippen molar-refractivity contribution in [2.75, 3.05) is 0 Å². The standard InChI is InChI=1S/C15H13F3.C15H14F2.C15H20F2.C15H14F2.C15H21F.2C15H15F.C15H22.C15H16/c1-9-3-4-12(15(18)5-9)6-11-7-13(16)10(2)14(17)8-11;1-10-3-6-13(15(17)7-10)8-12-5-4-11(2)14(16)9-12;2*1-10-3-5-12(6-4-10)7-13-8-14(16)11(2)15(17)9-13;2*1-11-3-6-13(7-4-11)9-14-8-5-12(2)15(16)10-14;1-11-3-6-13(7-4-11)10-14-8-5-12(2)9-15(14)16;2*1-12-3-7-14(8-4-12)11-15-9-5-13(2)6-10-15/h3-5,7-8H,6H2,1-2H3;3-7,9H,8H2,1-2H3;8-10,12H,3-7H2,1-2H3;3-6,8-9H,7H2,1-2H3;5,8,10-11,13H,3-4,6-7,9H2,1-2H3;3-8,10H,9H2,1-2H3;3-9H,10H2,1-2H3;3-4,7-8,13,15H,5-6,9-11H2,1-2H3;3-10H,11H2,1-2H3. The van der Waals surface area contributed by atoms with Gasteiger partial charge in [0.15, 0.2) is 0 Å². The molecule has 0 radical (unpaired) electrons. The van der Waals surface area contributed by atoms with Crippen molar-refractivity contribution in [3.8, 4) is 0 Å². The van der Waals surface area contributed by atoms with Crippen molar-refractivity contribution in [3.63, 3.8) is 0 Å². The number of rotatable bonds is 18. The second-order valence-electron chi connectivity index (χ2n) is 42.1. The van der Waals surface area contributed by atoms with Gasteiger partial charge in [0.25, 0.3) is 0 Å². The van der Waals surface area contributed by atoms with Crippen LogP contribution in [0.2, 0.25) is 0 Å². The van der Waals surface area contributed by atoms with Crippen LogP contribution in [0.5, 0.6) is 0 Å². The zero-order valence-electron chi connectivity index (χ0n) is 89.6. The van der Waals surface area contributed by atoms with Gasteiger partial charge >= 0.3 is 0 Å². The Morgan fingerprint density at radius 2 is 0.340 bits per heavy atom. The molecule has 147 heavy (non-hydrogen) atoms. The van der Waals surface area contributed by atoms with E-state index in [1.165, 1.54) is 220 Å². The van der Waals surface area contributed by atoms with E-state index < -0.39 is 34.9 Å². The maximum atomic E-state index is 13.6. The largest absolute Gasteiger partial charge is 0.207 e. The molecular formula is C135H150F12. The minimum Gasteiger partial charge on any atom is -0.207 e. The maximum Gasteiger partial charge on any atom is 0.129 e. The van der Waals surface area contributed by atoms with Crippen LogP contribution in [0, 0.1) is 209 Å². The molecule has 0 bridgehead atoms. The van der Waals surface area contributed by atoms with Gasteiger partial charge in [0.05, 0.1) is 0 Å². The molecule has 0 spiro atoms. The first-order valence-electron chi connectivity index (χ1n) is 52.2. The van der Waals surface area contributed by atoms with Gasteiger partial charge in [-0.2, -0.15) is 0 Å². The Morgan fingerprint density at radius 1 is 0.156 bits per heavy atom. The summed E-state index contributed by atoms with van der Waals surface area (Å²) in [7, 11) is 0. The van der Waals surface area contributed by atoms with Gasteiger partial charge in [-0.1, -0.05) is 311 Å². The Kier molecular flexibility index (Phi) is 46.1. The van der Waals surface area contributed by atoms with Crippen LogP contribution in [-0.4, -0.2) is 0 Å². The summed E-state index contributed by atoms with van der Waals surface area (Å²) in [5.74, 6) is 0.921. The molecule has 3 fully saturated rings. The third-order valence-electron chi connectivity index (χ3n) is 28.5.